The van der Waals surface area contributed by atoms with Gasteiger partial charge in [-0.25, -0.2) is 0 Å². The van der Waals surface area contributed by atoms with Crippen LogP contribution in [0.2, 0.25) is 0 Å². The molecule has 2 aromatic carbocycles. The lowest BCUT2D eigenvalue weighted by Crippen LogP contribution is -2.25. The van der Waals surface area contributed by atoms with Gasteiger partial charge in [-0.15, -0.1) is 0 Å². The molecular weight excluding hydrogens is 304 g/mol. The summed E-state index contributed by atoms with van der Waals surface area (Å²) >= 11 is 0. The van der Waals surface area contributed by atoms with Crippen molar-refractivity contribution in [3.8, 4) is 0 Å². The van der Waals surface area contributed by atoms with Gasteiger partial charge in [0, 0.05) is 12.8 Å². The summed E-state index contributed by atoms with van der Waals surface area (Å²) in [5.74, 6) is -2.22. The molecular formula is C20H22O4. The molecule has 24 heavy (non-hydrogen) atoms. The van der Waals surface area contributed by atoms with Crippen LogP contribution in [0.5, 0.6) is 0 Å². The van der Waals surface area contributed by atoms with Gasteiger partial charge in [0.25, 0.3) is 0 Å². The summed E-state index contributed by atoms with van der Waals surface area (Å²) in [5.41, 5.74) is 2.07. The van der Waals surface area contributed by atoms with Gasteiger partial charge in [0.1, 0.15) is 0 Å². The van der Waals surface area contributed by atoms with Crippen LogP contribution in [-0.2, 0) is 22.4 Å². The minimum Gasteiger partial charge on any atom is -0.481 e. The highest BCUT2D eigenvalue weighted by Crippen LogP contribution is 2.28. The molecule has 2 N–H and O–H groups in total. The van der Waals surface area contributed by atoms with Gasteiger partial charge in [-0.2, -0.15) is 0 Å². The molecule has 0 amide bonds. The van der Waals surface area contributed by atoms with Crippen LogP contribution in [-0.4, -0.2) is 22.2 Å². The molecule has 0 bridgehead atoms. The summed E-state index contributed by atoms with van der Waals surface area (Å²) in [5, 5.41) is 18.5. The Morgan fingerprint density at radius 1 is 0.667 bits per heavy atom. The molecule has 0 heterocycles. The lowest BCUT2D eigenvalue weighted by Gasteiger charge is -2.25. The Hall–Kier alpha value is -2.62. The molecule has 0 fully saturated rings. The minimum absolute atomic E-state index is 0.0281. The third-order valence-electron chi connectivity index (χ3n) is 4.22. The summed E-state index contributed by atoms with van der Waals surface area (Å²) in [4.78, 5) is 22.6. The fourth-order valence-electron chi connectivity index (χ4n) is 3.09. The molecule has 2 rings (SSSR count). The van der Waals surface area contributed by atoms with Crippen molar-refractivity contribution >= 4 is 11.9 Å². The molecule has 0 aliphatic rings. The van der Waals surface area contributed by atoms with Crippen molar-refractivity contribution in [2.24, 2.45) is 11.8 Å². The van der Waals surface area contributed by atoms with Crippen LogP contribution in [0.4, 0.5) is 0 Å². The van der Waals surface area contributed by atoms with Gasteiger partial charge in [-0.1, -0.05) is 60.7 Å². The largest absolute Gasteiger partial charge is 0.481 e. The summed E-state index contributed by atoms with van der Waals surface area (Å²) in [6.07, 6.45) is 1.08. The van der Waals surface area contributed by atoms with Gasteiger partial charge < -0.3 is 10.2 Å². The number of aliphatic carboxylic acids is 2. The number of carboxylic acids is 2. The van der Waals surface area contributed by atoms with Gasteiger partial charge in [0.2, 0.25) is 0 Å². The Balaban J connectivity index is 2.21. The molecule has 2 aromatic rings. The first-order valence-corrected chi connectivity index (χ1v) is 8.06. The van der Waals surface area contributed by atoms with E-state index in [1.165, 1.54) is 0 Å². The van der Waals surface area contributed by atoms with E-state index >= 15 is 0 Å². The Morgan fingerprint density at radius 3 is 1.29 bits per heavy atom. The maximum Gasteiger partial charge on any atom is 0.303 e. The Bertz CT molecular complexity index is 592. The zero-order valence-electron chi connectivity index (χ0n) is 13.5. The first kappa shape index (κ1) is 17.7. The second-order valence-electron chi connectivity index (χ2n) is 6.10. The van der Waals surface area contributed by atoms with Crippen molar-refractivity contribution in [3.63, 3.8) is 0 Å². The maximum absolute atomic E-state index is 11.3. The van der Waals surface area contributed by atoms with E-state index in [1.807, 2.05) is 60.7 Å². The van der Waals surface area contributed by atoms with Crippen molar-refractivity contribution in [3.05, 3.63) is 71.8 Å². The van der Waals surface area contributed by atoms with E-state index in [2.05, 4.69) is 0 Å². The van der Waals surface area contributed by atoms with Crippen LogP contribution in [0.25, 0.3) is 0 Å². The summed E-state index contributed by atoms with van der Waals surface area (Å²) in [6.45, 7) is 0. The van der Waals surface area contributed by atoms with Crippen LogP contribution in [0.1, 0.15) is 24.0 Å². The molecule has 0 radical (unpaired) electrons. The van der Waals surface area contributed by atoms with Crippen molar-refractivity contribution in [2.45, 2.75) is 25.7 Å². The summed E-state index contributed by atoms with van der Waals surface area (Å²) in [6, 6.07) is 19.3. The quantitative estimate of drug-likeness (QED) is 0.737. The smallest absolute Gasteiger partial charge is 0.303 e. The molecule has 126 valence electrons. The van der Waals surface area contributed by atoms with Crippen molar-refractivity contribution in [1.82, 2.24) is 0 Å². The molecule has 0 unspecified atom stereocenters. The molecule has 0 saturated carbocycles. The number of rotatable bonds is 9. The zero-order chi connectivity index (χ0) is 17.4. The highest BCUT2D eigenvalue weighted by atomic mass is 16.4. The van der Waals surface area contributed by atoms with E-state index in [1.54, 1.807) is 0 Å². The standard InChI is InChI=1S/C20H22O4/c21-19(22)13-17(11-15-7-3-1-4-8-15)18(14-20(23)24)12-16-9-5-2-6-10-16/h1-10,17-18H,11-14H2,(H,21,22)(H,23,24)/t17-,18-/m0/s1. The lowest BCUT2D eigenvalue weighted by atomic mass is 9.79. The van der Waals surface area contributed by atoms with E-state index in [-0.39, 0.29) is 24.7 Å². The third-order valence-corrected chi connectivity index (χ3v) is 4.22. The SMILES string of the molecule is O=C(O)C[C@H](Cc1ccccc1)[C@H](CC(=O)O)Cc1ccccc1. The van der Waals surface area contributed by atoms with Crippen LogP contribution < -0.4 is 0 Å². The van der Waals surface area contributed by atoms with Gasteiger partial charge >= 0.3 is 11.9 Å². The molecule has 0 saturated heterocycles. The van der Waals surface area contributed by atoms with Gasteiger partial charge in [0.05, 0.1) is 0 Å². The molecule has 0 aromatic heterocycles. The van der Waals surface area contributed by atoms with Gasteiger partial charge in [-0.3, -0.25) is 9.59 Å². The molecule has 4 heteroatoms. The normalized spacial score (nSPS) is 13.2. The first-order chi connectivity index (χ1) is 11.5. The number of carboxylic acid groups (broad SMARTS) is 2. The van der Waals surface area contributed by atoms with Crippen LogP contribution >= 0.6 is 0 Å². The third kappa shape index (κ3) is 5.88. The monoisotopic (exact) mass is 326 g/mol. The fourth-order valence-corrected chi connectivity index (χ4v) is 3.09. The fraction of sp³-hybridized carbons (Fsp3) is 0.300. The molecule has 2 atom stereocenters. The van der Waals surface area contributed by atoms with Gasteiger partial charge in [0.15, 0.2) is 0 Å². The topological polar surface area (TPSA) is 74.6 Å². The molecule has 0 aliphatic carbocycles. The number of carbonyl (C=O) groups is 2. The molecule has 4 nitrogen and oxygen atoms in total. The van der Waals surface area contributed by atoms with Crippen molar-refractivity contribution in [1.29, 1.82) is 0 Å². The highest BCUT2D eigenvalue weighted by molar-refractivity contribution is 5.69. The Labute approximate surface area is 141 Å². The zero-order valence-corrected chi connectivity index (χ0v) is 13.5. The number of hydrogen-bond donors (Lipinski definition) is 2. The van der Waals surface area contributed by atoms with Crippen molar-refractivity contribution in [2.75, 3.05) is 0 Å². The second-order valence-corrected chi connectivity index (χ2v) is 6.10. The predicted molar refractivity (Wildman–Crippen MR) is 91.8 cm³/mol. The Kier molecular flexibility index (Phi) is 6.55. The lowest BCUT2D eigenvalue weighted by molar-refractivity contribution is -0.141. The number of hydrogen-bond acceptors (Lipinski definition) is 2. The van der Waals surface area contributed by atoms with Gasteiger partial charge in [-0.05, 0) is 35.8 Å². The Morgan fingerprint density at radius 2 is 1.00 bits per heavy atom. The van der Waals surface area contributed by atoms with E-state index in [0.717, 1.165) is 11.1 Å². The van der Waals surface area contributed by atoms with E-state index in [4.69, 9.17) is 0 Å². The number of benzene rings is 2. The van der Waals surface area contributed by atoms with Crippen LogP contribution in [0.15, 0.2) is 60.7 Å². The summed E-state index contributed by atoms with van der Waals surface area (Å²) < 4.78 is 0. The predicted octanol–water partition coefficient (Wildman–Crippen LogP) is 3.65. The van der Waals surface area contributed by atoms with Crippen LogP contribution in [0.3, 0.4) is 0 Å². The molecule has 0 spiro atoms. The second kappa shape index (κ2) is 8.87. The van der Waals surface area contributed by atoms with E-state index < -0.39 is 11.9 Å². The minimum atomic E-state index is -0.889. The average Bonchev–Trinajstić information content (AvgIpc) is 2.55. The van der Waals surface area contributed by atoms with E-state index in [9.17, 15) is 19.8 Å². The summed E-state index contributed by atoms with van der Waals surface area (Å²) in [7, 11) is 0. The van der Waals surface area contributed by atoms with Crippen LogP contribution in [0, 0.1) is 11.8 Å². The maximum atomic E-state index is 11.3. The highest BCUT2D eigenvalue weighted by Gasteiger charge is 2.26. The first-order valence-electron chi connectivity index (χ1n) is 8.06. The van der Waals surface area contributed by atoms with Crippen molar-refractivity contribution < 1.29 is 19.8 Å². The average molecular weight is 326 g/mol. The molecule has 0 aliphatic heterocycles. The van der Waals surface area contributed by atoms with E-state index in [0.29, 0.717) is 12.8 Å².